The predicted molar refractivity (Wildman–Crippen MR) is 53.7 cm³/mol. The number of rotatable bonds is 5. The van der Waals surface area contributed by atoms with E-state index in [1.807, 2.05) is 0 Å². The Kier molecular flexibility index (Phi) is 14.8. The molecule has 0 aliphatic carbocycles. The number of unbranched alkanes of at least 4 members (excludes halogenated alkanes) is 1. The number of hydrogen-bond donors (Lipinski definition) is 0. The normalized spacial score (nSPS) is 11.5. The fraction of sp³-hybridized carbons (Fsp3) is 1.00. The van der Waals surface area contributed by atoms with E-state index in [1.54, 1.807) is 4.55 Å². The molecule has 0 aromatic rings. The molecule has 0 aromatic carbocycles. The summed E-state index contributed by atoms with van der Waals surface area (Å²) in [5, 5.41) is 0. The highest BCUT2D eigenvalue weighted by Gasteiger charge is 2.01. The van der Waals surface area contributed by atoms with Gasteiger partial charge in [0, 0.05) is 0 Å². The highest BCUT2D eigenvalue weighted by Crippen LogP contribution is 2.09. The molecule has 0 nitrogen and oxygen atoms in total. The van der Waals surface area contributed by atoms with E-state index in [1.165, 1.54) is 19.3 Å². The van der Waals surface area contributed by atoms with E-state index in [9.17, 15) is 0 Å². The first kappa shape index (κ1) is 14.1. The summed E-state index contributed by atoms with van der Waals surface area (Å²) in [6.07, 6.45) is 4.29. The highest BCUT2D eigenvalue weighted by atomic mass is 24.5. The monoisotopic (exact) mass is 164 g/mol. The van der Waals surface area contributed by atoms with Crippen molar-refractivity contribution in [3.05, 3.63) is 0 Å². The van der Waals surface area contributed by atoms with Crippen molar-refractivity contribution in [3.8, 4) is 0 Å². The van der Waals surface area contributed by atoms with Crippen LogP contribution in [0.25, 0.3) is 0 Å². The fourth-order valence-corrected chi connectivity index (χ4v) is 2.84. The van der Waals surface area contributed by atoms with E-state index in [0.717, 1.165) is 4.05 Å². The Balaban J connectivity index is 0. The fourth-order valence-electron chi connectivity index (χ4n) is 0.947. The van der Waals surface area contributed by atoms with Crippen molar-refractivity contribution < 1.29 is 0 Å². The quantitative estimate of drug-likeness (QED) is 0.432. The zero-order valence-electron chi connectivity index (χ0n) is 7.11. The standard InChI is InChI=1S/2C4H9.2Mg.2H/c2*1-3-4-2;;;;/h3H,4H2,1-2H3;1,3-4H2,2H3;;;;. The molecule has 0 rings (SSSR count). The van der Waals surface area contributed by atoms with Crippen molar-refractivity contribution in [2.45, 2.75) is 48.6 Å². The van der Waals surface area contributed by atoms with Crippen LogP contribution in [0.5, 0.6) is 0 Å². The van der Waals surface area contributed by atoms with Crippen LogP contribution in [-0.2, 0) is 0 Å². The average Bonchev–Trinajstić information content (AvgIpc) is 1.89. The molecule has 0 aromatic heterocycles. The maximum absolute atomic E-state index is 2.40. The second-order valence-corrected chi connectivity index (χ2v) is 5.69. The molecule has 1 atom stereocenters. The van der Waals surface area contributed by atoms with Crippen LogP contribution in [0.1, 0.15) is 40.0 Å². The predicted octanol–water partition coefficient (Wildman–Crippen LogP) is 2.21. The topological polar surface area (TPSA) is 0 Å². The van der Waals surface area contributed by atoms with Crippen LogP contribution in [-0.4, -0.2) is 43.4 Å². The molecule has 0 aliphatic heterocycles. The molecule has 0 saturated carbocycles. The molecular weight excluding hydrogens is 145 g/mol. The van der Waals surface area contributed by atoms with Gasteiger partial charge < -0.3 is 0 Å². The molecule has 0 saturated heterocycles. The SMILES string of the molecule is CCC[CH2][Mg][CH](C)CC.[MgH2]. The van der Waals surface area contributed by atoms with E-state index in [2.05, 4.69) is 20.8 Å². The van der Waals surface area contributed by atoms with Gasteiger partial charge in [0.2, 0.25) is 0 Å². The summed E-state index contributed by atoms with van der Waals surface area (Å²) in [5.41, 5.74) is 0. The third-order valence-electron chi connectivity index (χ3n) is 2.00. The minimum absolute atomic E-state index is 0. The van der Waals surface area contributed by atoms with E-state index in [4.69, 9.17) is 0 Å². The van der Waals surface area contributed by atoms with Crippen molar-refractivity contribution >= 4 is 43.4 Å². The Labute approximate surface area is 91.4 Å². The first-order chi connectivity index (χ1) is 4.31. The van der Waals surface area contributed by atoms with E-state index >= 15 is 0 Å². The summed E-state index contributed by atoms with van der Waals surface area (Å²) < 4.78 is 2.67. The second-order valence-electron chi connectivity index (χ2n) is 3.01. The molecule has 0 N–H and O–H groups in total. The molecule has 0 bridgehead atoms. The van der Waals surface area contributed by atoms with Gasteiger partial charge in [0.25, 0.3) is 0 Å². The van der Waals surface area contributed by atoms with Gasteiger partial charge >= 0.3 is 43.4 Å². The molecule has 0 heterocycles. The summed E-state index contributed by atoms with van der Waals surface area (Å²) in [4.78, 5) is 0. The van der Waals surface area contributed by atoms with Crippen LogP contribution in [0.4, 0.5) is 0 Å². The van der Waals surface area contributed by atoms with Crippen LogP contribution < -0.4 is 0 Å². The largest absolute Gasteiger partial charge is 0.368 e. The first-order valence-electron chi connectivity index (χ1n) is 4.31. The van der Waals surface area contributed by atoms with Crippen LogP contribution in [0.2, 0.25) is 8.60 Å². The lowest BCUT2D eigenvalue weighted by molar-refractivity contribution is 0.831. The van der Waals surface area contributed by atoms with E-state index in [0.29, 0.717) is 20.4 Å². The smallest absolute Gasteiger partial charge is 0.145 e. The molecule has 10 heavy (non-hydrogen) atoms. The minimum Gasteiger partial charge on any atom is -0.145 e. The maximum Gasteiger partial charge on any atom is 0.368 e. The molecule has 1 unspecified atom stereocenters. The van der Waals surface area contributed by atoms with Crippen molar-refractivity contribution in [1.29, 1.82) is 0 Å². The number of hydrogen-bond acceptors (Lipinski definition) is 0. The van der Waals surface area contributed by atoms with Crippen molar-refractivity contribution in [2.24, 2.45) is 0 Å². The van der Waals surface area contributed by atoms with Crippen LogP contribution in [0.3, 0.4) is 0 Å². The van der Waals surface area contributed by atoms with Gasteiger partial charge in [0.05, 0.1) is 0 Å². The van der Waals surface area contributed by atoms with Crippen molar-refractivity contribution in [2.75, 3.05) is 0 Å². The van der Waals surface area contributed by atoms with Gasteiger partial charge in [-0.15, -0.1) is 8.60 Å². The van der Waals surface area contributed by atoms with Gasteiger partial charge in [-0.3, -0.25) is 0 Å². The van der Waals surface area contributed by atoms with Gasteiger partial charge in [-0.1, -0.05) is 40.0 Å². The van der Waals surface area contributed by atoms with Crippen molar-refractivity contribution in [1.82, 2.24) is 0 Å². The zero-order valence-corrected chi connectivity index (χ0v) is 8.53. The van der Waals surface area contributed by atoms with Gasteiger partial charge in [0.15, 0.2) is 0 Å². The van der Waals surface area contributed by atoms with Crippen LogP contribution >= 0.6 is 0 Å². The van der Waals surface area contributed by atoms with Crippen LogP contribution in [0.15, 0.2) is 0 Å². The van der Waals surface area contributed by atoms with Crippen molar-refractivity contribution in [3.63, 3.8) is 0 Å². The lowest BCUT2D eigenvalue weighted by atomic mass is 10.4. The third kappa shape index (κ3) is 9.53. The second kappa shape index (κ2) is 10.5. The zero-order chi connectivity index (χ0) is 7.11. The summed E-state index contributed by atoms with van der Waals surface area (Å²) in [7, 11) is 0. The molecule has 0 amide bonds. The molecule has 0 fully saturated rings. The lowest BCUT2D eigenvalue weighted by Gasteiger charge is -2.02. The Morgan fingerprint density at radius 1 is 1.30 bits per heavy atom. The van der Waals surface area contributed by atoms with Gasteiger partial charge in [0.1, 0.15) is 0 Å². The van der Waals surface area contributed by atoms with E-state index in [-0.39, 0.29) is 23.1 Å². The molecule has 0 aliphatic rings. The molecule has 56 valence electrons. The Hall–Kier alpha value is 1.53. The summed E-state index contributed by atoms with van der Waals surface area (Å²) in [6.45, 7) is 7.00. The first-order valence-corrected chi connectivity index (χ1v) is 6.12. The summed E-state index contributed by atoms with van der Waals surface area (Å²) >= 11 is 0.325. The lowest BCUT2D eigenvalue weighted by Crippen LogP contribution is -1.96. The minimum atomic E-state index is 0. The molecule has 0 spiro atoms. The van der Waals surface area contributed by atoms with Crippen LogP contribution in [0, 0.1) is 0 Å². The molecule has 0 radical (unpaired) electrons. The highest BCUT2D eigenvalue weighted by molar-refractivity contribution is 6.37. The van der Waals surface area contributed by atoms with Gasteiger partial charge in [-0.25, -0.2) is 0 Å². The Morgan fingerprint density at radius 3 is 2.30 bits per heavy atom. The third-order valence-corrected chi connectivity index (χ3v) is 4.47. The maximum atomic E-state index is 2.40. The van der Waals surface area contributed by atoms with Gasteiger partial charge in [-0.2, -0.15) is 0 Å². The summed E-state index contributed by atoms with van der Waals surface area (Å²) in [5.74, 6) is 0. The molecular formula is C8H20Mg2. The van der Waals surface area contributed by atoms with E-state index < -0.39 is 0 Å². The Bertz CT molecular complexity index is 55.2. The Morgan fingerprint density at radius 2 is 1.90 bits per heavy atom. The van der Waals surface area contributed by atoms with Gasteiger partial charge in [-0.05, 0) is 0 Å². The molecule has 2 heteroatoms. The summed E-state index contributed by atoms with van der Waals surface area (Å²) in [6, 6.07) is 0. The average molecular weight is 165 g/mol.